The second-order valence-electron chi connectivity index (χ2n) is 15.3. The zero-order valence-electron chi connectivity index (χ0n) is 28.9. The van der Waals surface area contributed by atoms with Gasteiger partial charge in [0.15, 0.2) is 0 Å². The number of phenolic OH excluding ortho intramolecular Hbond substituents is 1. The number of hydrogen-bond donors (Lipinski definition) is 2. The largest absolute Gasteiger partial charge is 0.508 e. The number of H-pyrrole nitrogens is 1. The molecule has 2 heterocycles. The summed E-state index contributed by atoms with van der Waals surface area (Å²) in [6.45, 7) is 6.78. The quantitative estimate of drug-likeness (QED) is 0.208. The zero-order chi connectivity index (χ0) is 34.4. The fourth-order valence-corrected chi connectivity index (χ4v) is 10.00. The zero-order valence-corrected chi connectivity index (χ0v) is 28.9. The van der Waals surface area contributed by atoms with Crippen LogP contribution in [0.3, 0.4) is 0 Å². The molecule has 0 spiro atoms. The molecular weight excluding hydrogens is 631 g/mol. The van der Waals surface area contributed by atoms with Gasteiger partial charge >= 0.3 is 0 Å². The first-order valence-corrected chi connectivity index (χ1v) is 18.5. The van der Waals surface area contributed by atoms with Gasteiger partial charge in [0.1, 0.15) is 11.6 Å². The van der Waals surface area contributed by atoms with Crippen LogP contribution in [0.25, 0.3) is 10.8 Å². The summed E-state index contributed by atoms with van der Waals surface area (Å²) >= 11 is 0. The molecule has 1 amide bonds. The Morgan fingerprint density at radius 1 is 1.02 bits per heavy atom. The summed E-state index contributed by atoms with van der Waals surface area (Å²) in [5, 5.41) is 18.1. The third-order valence-corrected chi connectivity index (χ3v) is 12.6. The number of aromatic amines is 1. The number of nitrogens with zero attached hydrogens (tertiary/aromatic N) is 3. The number of benzene rings is 3. The number of carbonyl (C=O) groups is 1. The Morgan fingerprint density at radius 3 is 2.68 bits per heavy atom. The van der Waals surface area contributed by atoms with Gasteiger partial charge in [0.25, 0.3) is 11.5 Å². The maximum atomic E-state index is 15.0. The second-order valence-corrected chi connectivity index (χ2v) is 15.3. The van der Waals surface area contributed by atoms with Gasteiger partial charge in [-0.25, -0.2) is 9.49 Å². The van der Waals surface area contributed by atoms with Crippen molar-refractivity contribution in [2.45, 2.75) is 70.3 Å². The number of halogens is 1. The minimum Gasteiger partial charge on any atom is -0.508 e. The Labute approximate surface area is 292 Å². The van der Waals surface area contributed by atoms with Crippen LogP contribution in [0.1, 0.15) is 84.1 Å². The van der Waals surface area contributed by atoms with Crippen LogP contribution in [0, 0.1) is 23.1 Å². The molecule has 8 rings (SSSR count). The Morgan fingerprint density at radius 2 is 1.84 bits per heavy atom. The van der Waals surface area contributed by atoms with Crippen molar-refractivity contribution in [1.29, 1.82) is 0 Å². The lowest BCUT2D eigenvalue weighted by molar-refractivity contribution is -0.0657. The smallest absolute Gasteiger partial charge is 0.272 e. The van der Waals surface area contributed by atoms with E-state index in [0.717, 1.165) is 56.5 Å². The molecule has 1 aromatic heterocycles. The molecule has 3 aromatic carbocycles. The number of phenols is 1. The minimum atomic E-state index is -0.525. The highest BCUT2D eigenvalue weighted by Gasteiger charge is 2.55. The van der Waals surface area contributed by atoms with Crippen molar-refractivity contribution >= 4 is 16.7 Å². The molecule has 262 valence electrons. The van der Waals surface area contributed by atoms with Crippen LogP contribution in [-0.2, 0) is 17.6 Å². The van der Waals surface area contributed by atoms with Gasteiger partial charge in [-0.3, -0.25) is 14.5 Å². The summed E-state index contributed by atoms with van der Waals surface area (Å²) in [5.74, 6) is 1.60. The van der Waals surface area contributed by atoms with Crippen molar-refractivity contribution in [2.75, 3.05) is 39.3 Å². The molecule has 5 atom stereocenters. The predicted octanol–water partition coefficient (Wildman–Crippen LogP) is 6.45. The van der Waals surface area contributed by atoms with E-state index in [9.17, 15) is 19.1 Å². The fraction of sp³-hybridized carbons (Fsp3) is 0.488. The SMILES string of the molecule is C[C@]12CC[C@@H]3c4ccc(O)cc4CC[C@H]3[C@@H]1CCC2OCCCN1CCN(C(=O)c2cc(Cc3n[nH]c(=O)c4ccccc34)ccc2F)CC1. The van der Waals surface area contributed by atoms with E-state index in [-0.39, 0.29) is 22.4 Å². The van der Waals surface area contributed by atoms with Crippen LogP contribution < -0.4 is 5.56 Å². The third kappa shape index (κ3) is 6.13. The van der Waals surface area contributed by atoms with E-state index in [4.69, 9.17) is 4.74 Å². The van der Waals surface area contributed by atoms with Gasteiger partial charge in [0.05, 0.1) is 22.7 Å². The van der Waals surface area contributed by atoms with Gasteiger partial charge in [-0.05, 0) is 115 Å². The molecule has 2 N–H and O–H groups in total. The van der Waals surface area contributed by atoms with Crippen LogP contribution >= 0.6 is 0 Å². The van der Waals surface area contributed by atoms with Crippen LogP contribution in [0.15, 0.2) is 65.5 Å². The molecular formula is C41H47FN4O4. The normalized spacial score (nSPS) is 26.4. The molecule has 9 heteroatoms. The third-order valence-electron chi connectivity index (χ3n) is 12.6. The molecule has 1 unspecified atom stereocenters. The summed E-state index contributed by atoms with van der Waals surface area (Å²) < 4.78 is 21.6. The number of piperazine rings is 1. The monoisotopic (exact) mass is 678 g/mol. The van der Waals surface area contributed by atoms with Crippen molar-refractivity contribution in [3.05, 3.63) is 105 Å². The maximum Gasteiger partial charge on any atom is 0.272 e. The average Bonchev–Trinajstić information content (AvgIpc) is 3.47. The maximum absolute atomic E-state index is 15.0. The molecule has 3 fully saturated rings. The highest BCUT2D eigenvalue weighted by atomic mass is 19.1. The van der Waals surface area contributed by atoms with Crippen LogP contribution in [0.4, 0.5) is 4.39 Å². The number of rotatable bonds is 8. The summed E-state index contributed by atoms with van der Waals surface area (Å²) in [6, 6.07) is 18.0. The molecule has 8 nitrogen and oxygen atoms in total. The Balaban J connectivity index is 0.815. The Bertz CT molecular complexity index is 1950. The lowest BCUT2D eigenvalue weighted by atomic mass is 9.55. The first-order valence-electron chi connectivity index (χ1n) is 18.5. The molecule has 0 radical (unpaired) electrons. The van der Waals surface area contributed by atoms with Crippen LogP contribution in [0.5, 0.6) is 5.75 Å². The first-order chi connectivity index (χ1) is 24.3. The topological polar surface area (TPSA) is 98.8 Å². The Hall–Kier alpha value is -4.08. The second kappa shape index (κ2) is 13.6. The lowest BCUT2D eigenvalue weighted by Gasteiger charge is -2.50. The van der Waals surface area contributed by atoms with Gasteiger partial charge in [-0.1, -0.05) is 37.3 Å². The van der Waals surface area contributed by atoms with Crippen molar-refractivity contribution in [1.82, 2.24) is 20.0 Å². The van der Waals surface area contributed by atoms with E-state index in [1.54, 1.807) is 23.1 Å². The number of aromatic hydroxyl groups is 1. The molecule has 1 aliphatic heterocycles. The van der Waals surface area contributed by atoms with Crippen molar-refractivity contribution in [3.63, 3.8) is 0 Å². The summed E-state index contributed by atoms with van der Waals surface area (Å²) in [4.78, 5) is 29.8. The van der Waals surface area contributed by atoms with Crippen LogP contribution in [-0.4, -0.2) is 76.4 Å². The van der Waals surface area contributed by atoms with E-state index in [0.29, 0.717) is 60.2 Å². The fourth-order valence-electron chi connectivity index (χ4n) is 10.00. The number of hydrogen-bond acceptors (Lipinski definition) is 6. The van der Waals surface area contributed by atoms with E-state index >= 15 is 0 Å². The van der Waals surface area contributed by atoms with E-state index in [1.807, 2.05) is 30.3 Å². The lowest BCUT2D eigenvalue weighted by Crippen LogP contribution is -2.49. The molecule has 4 aromatic rings. The van der Waals surface area contributed by atoms with Gasteiger partial charge in [-0.2, -0.15) is 5.10 Å². The summed E-state index contributed by atoms with van der Waals surface area (Å²) in [6.07, 6.45) is 8.71. The average molecular weight is 679 g/mol. The number of ether oxygens (including phenoxy) is 1. The molecule has 4 aliphatic rings. The first kappa shape index (κ1) is 33.1. The van der Waals surface area contributed by atoms with E-state index < -0.39 is 5.82 Å². The molecule has 50 heavy (non-hydrogen) atoms. The van der Waals surface area contributed by atoms with Gasteiger partial charge in [0.2, 0.25) is 0 Å². The van der Waals surface area contributed by atoms with Crippen LogP contribution in [0.2, 0.25) is 0 Å². The minimum absolute atomic E-state index is 0.0761. The number of aryl methyl sites for hydroxylation is 1. The van der Waals surface area contributed by atoms with Crippen molar-refractivity contribution in [2.24, 2.45) is 17.3 Å². The molecule has 0 bridgehead atoms. The number of carbonyl (C=O) groups excluding carboxylic acids is 1. The molecule has 3 aliphatic carbocycles. The Kier molecular flexibility index (Phi) is 8.98. The molecule has 1 saturated heterocycles. The van der Waals surface area contributed by atoms with Gasteiger partial charge in [0, 0.05) is 51.1 Å². The summed E-state index contributed by atoms with van der Waals surface area (Å²) in [5.41, 5.74) is 4.32. The number of amides is 1. The highest BCUT2D eigenvalue weighted by Crippen LogP contribution is 2.61. The highest BCUT2D eigenvalue weighted by molar-refractivity contribution is 5.95. The standard InChI is InChI=1S/C41H47FN4O4/c1-41-16-15-30-29-11-9-28(47)25-27(29)8-10-31(30)35(41)12-14-38(41)50-22-4-17-45-18-20-46(21-19-45)40(49)34-23-26(7-13-36(34)42)24-37-32-5-2-3-6-33(32)39(48)44-43-37/h2-3,5-7,9,11,13,23,25,30-31,35,38,47H,4,8,10,12,14-22,24H2,1H3,(H,44,48)/t30-,31-,35+,38?,41+/m1/s1. The van der Waals surface area contributed by atoms with Gasteiger partial charge < -0.3 is 14.7 Å². The molecule has 2 saturated carbocycles. The number of fused-ring (bicyclic) bond motifs is 6. The summed E-state index contributed by atoms with van der Waals surface area (Å²) in [7, 11) is 0. The number of aromatic nitrogens is 2. The van der Waals surface area contributed by atoms with E-state index in [2.05, 4.69) is 28.1 Å². The van der Waals surface area contributed by atoms with Gasteiger partial charge in [-0.15, -0.1) is 0 Å². The van der Waals surface area contributed by atoms with Crippen molar-refractivity contribution in [3.8, 4) is 5.75 Å². The number of nitrogens with one attached hydrogen (secondary N) is 1. The van der Waals surface area contributed by atoms with E-state index in [1.165, 1.54) is 42.9 Å². The van der Waals surface area contributed by atoms with Crippen molar-refractivity contribution < 1.29 is 19.0 Å². The predicted molar refractivity (Wildman–Crippen MR) is 191 cm³/mol.